The summed E-state index contributed by atoms with van der Waals surface area (Å²) in [6.07, 6.45) is 0.710. The summed E-state index contributed by atoms with van der Waals surface area (Å²) in [4.78, 5) is 16.5. The standard InChI is InChI=1S/C17H28N2O2/c1-4-18(11-8-12-20)14-17(21)19(15(2)3)13-16-9-6-5-7-10-16/h5-7,9-10,15,20H,4,8,11-14H2,1-3H3. The second-order valence-corrected chi connectivity index (χ2v) is 5.55. The van der Waals surface area contributed by atoms with Gasteiger partial charge in [0.1, 0.15) is 0 Å². The smallest absolute Gasteiger partial charge is 0.237 e. The maximum atomic E-state index is 12.5. The number of amides is 1. The summed E-state index contributed by atoms with van der Waals surface area (Å²) in [6.45, 7) is 8.95. The van der Waals surface area contributed by atoms with Gasteiger partial charge in [-0.25, -0.2) is 0 Å². The van der Waals surface area contributed by atoms with Crippen molar-refractivity contribution in [2.24, 2.45) is 0 Å². The lowest BCUT2D eigenvalue weighted by molar-refractivity contribution is -0.134. The van der Waals surface area contributed by atoms with Crippen LogP contribution in [0, 0.1) is 0 Å². The van der Waals surface area contributed by atoms with Crippen molar-refractivity contribution < 1.29 is 9.90 Å². The van der Waals surface area contributed by atoms with Gasteiger partial charge >= 0.3 is 0 Å². The molecule has 21 heavy (non-hydrogen) atoms. The first-order chi connectivity index (χ1) is 10.1. The molecule has 0 aromatic heterocycles. The Labute approximate surface area is 128 Å². The van der Waals surface area contributed by atoms with E-state index in [-0.39, 0.29) is 18.6 Å². The zero-order valence-corrected chi connectivity index (χ0v) is 13.5. The molecular formula is C17H28N2O2. The molecule has 0 saturated heterocycles. The van der Waals surface area contributed by atoms with Crippen molar-refractivity contribution in [2.45, 2.75) is 39.8 Å². The predicted octanol–water partition coefficient (Wildman–Crippen LogP) is 2.13. The molecule has 1 N–H and O–H groups in total. The monoisotopic (exact) mass is 292 g/mol. The lowest BCUT2D eigenvalue weighted by atomic mass is 10.2. The fraction of sp³-hybridized carbons (Fsp3) is 0.588. The van der Waals surface area contributed by atoms with Crippen LogP contribution in [0.3, 0.4) is 0 Å². The van der Waals surface area contributed by atoms with E-state index in [1.54, 1.807) is 0 Å². The fourth-order valence-corrected chi connectivity index (χ4v) is 2.26. The Bertz CT molecular complexity index is 407. The van der Waals surface area contributed by atoms with Gasteiger partial charge in [-0.1, -0.05) is 37.3 Å². The molecule has 1 rings (SSSR count). The molecule has 0 bridgehead atoms. The highest BCUT2D eigenvalue weighted by molar-refractivity contribution is 5.78. The maximum Gasteiger partial charge on any atom is 0.237 e. The number of nitrogens with zero attached hydrogens (tertiary/aromatic N) is 2. The number of aliphatic hydroxyl groups is 1. The molecule has 0 saturated carbocycles. The van der Waals surface area contributed by atoms with E-state index in [2.05, 4.69) is 4.90 Å². The van der Waals surface area contributed by atoms with Crippen molar-refractivity contribution >= 4 is 5.91 Å². The summed E-state index contributed by atoms with van der Waals surface area (Å²) in [6, 6.07) is 10.3. The third-order valence-electron chi connectivity index (χ3n) is 3.58. The number of likely N-dealkylation sites (N-methyl/N-ethyl adjacent to an activating group) is 1. The average molecular weight is 292 g/mol. The number of hydrogen-bond acceptors (Lipinski definition) is 3. The van der Waals surface area contributed by atoms with E-state index in [9.17, 15) is 4.79 Å². The topological polar surface area (TPSA) is 43.8 Å². The van der Waals surface area contributed by atoms with Crippen LogP contribution in [0.5, 0.6) is 0 Å². The highest BCUT2D eigenvalue weighted by atomic mass is 16.3. The summed E-state index contributed by atoms with van der Waals surface area (Å²) in [5, 5.41) is 8.92. The van der Waals surface area contributed by atoms with Gasteiger partial charge in [-0.05, 0) is 32.4 Å². The minimum absolute atomic E-state index is 0.147. The van der Waals surface area contributed by atoms with Gasteiger partial charge in [0.15, 0.2) is 0 Å². The first-order valence-electron chi connectivity index (χ1n) is 7.75. The molecule has 0 aliphatic rings. The van der Waals surface area contributed by atoms with E-state index in [0.29, 0.717) is 19.5 Å². The van der Waals surface area contributed by atoms with E-state index in [4.69, 9.17) is 5.11 Å². The zero-order valence-electron chi connectivity index (χ0n) is 13.5. The van der Waals surface area contributed by atoms with Gasteiger partial charge in [-0.15, -0.1) is 0 Å². The number of carbonyl (C=O) groups is 1. The Morgan fingerprint density at radius 3 is 2.43 bits per heavy atom. The van der Waals surface area contributed by atoms with Gasteiger partial charge in [0.25, 0.3) is 0 Å². The SMILES string of the molecule is CCN(CCCO)CC(=O)N(Cc1ccccc1)C(C)C. The Balaban J connectivity index is 2.64. The second-order valence-electron chi connectivity index (χ2n) is 5.55. The highest BCUT2D eigenvalue weighted by Gasteiger charge is 2.19. The number of benzene rings is 1. The quantitative estimate of drug-likeness (QED) is 0.758. The Kier molecular flexibility index (Phi) is 8.01. The van der Waals surface area contributed by atoms with E-state index in [1.807, 2.05) is 56.0 Å². The zero-order chi connectivity index (χ0) is 15.7. The molecule has 1 aromatic rings. The largest absolute Gasteiger partial charge is 0.396 e. The molecule has 4 nitrogen and oxygen atoms in total. The summed E-state index contributed by atoms with van der Waals surface area (Å²) >= 11 is 0. The maximum absolute atomic E-state index is 12.5. The van der Waals surface area contributed by atoms with Crippen LogP contribution in [-0.4, -0.2) is 53.1 Å². The van der Waals surface area contributed by atoms with Crippen molar-refractivity contribution in [3.8, 4) is 0 Å². The molecule has 1 aromatic carbocycles. The average Bonchev–Trinajstić information content (AvgIpc) is 2.49. The molecule has 0 unspecified atom stereocenters. The molecule has 0 atom stereocenters. The van der Waals surface area contributed by atoms with Crippen LogP contribution in [0.1, 0.15) is 32.8 Å². The molecule has 0 heterocycles. The highest BCUT2D eigenvalue weighted by Crippen LogP contribution is 2.09. The molecule has 0 radical (unpaired) electrons. The minimum atomic E-state index is 0.147. The molecule has 0 spiro atoms. The van der Waals surface area contributed by atoms with Gasteiger partial charge in [0, 0.05) is 25.7 Å². The van der Waals surface area contributed by atoms with Crippen LogP contribution in [0.15, 0.2) is 30.3 Å². The Morgan fingerprint density at radius 1 is 1.24 bits per heavy atom. The molecule has 4 heteroatoms. The van der Waals surface area contributed by atoms with Crippen LogP contribution < -0.4 is 0 Å². The first kappa shape index (κ1) is 17.7. The normalized spacial score (nSPS) is 11.1. The van der Waals surface area contributed by atoms with Crippen LogP contribution >= 0.6 is 0 Å². The van der Waals surface area contributed by atoms with Gasteiger partial charge < -0.3 is 10.0 Å². The first-order valence-corrected chi connectivity index (χ1v) is 7.75. The lowest BCUT2D eigenvalue weighted by Crippen LogP contribution is -2.43. The van der Waals surface area contributed by atoms with Crippen molar-refractivity contribution in [3.05, 3.63) is 35.9 Å². The summed E-state index contributed by atoms with van der Waals surface area (Å²) in [5.74, 6) is 0.147. The van der Waals surface area contributed by atoms with Gasteiger partial charge in [0.05, 0.1) is 6.54 Å². The third kappa shape index (κ3) is 6.27. The van der Waals surface area contributed by atoms with Crippen LogP contribution in [0.25, 0.3) is 0 Å². The minimum Gasteiger partial charge on any atom is -0.396 e. The van der Waals surface area contributed by atoms with Crippen molar-refractivity contribution in [1.29, 1.82) is 0 Å². The van der Waals surface area contributed by atoms with Gasteiger partial charge in [-0.3, -0.25) is 9.69 Å². The number of carbonyl (C=O) groups excluding carboxylic acids is 1. The molecular weight excluding hydrogens is 264 g/mol. The number of aliphatic hydroxyl groups excluding tert-OH is 1. The van der Waals surface area contributed by atoms with Gasteiger partial charge in [0.2, 0.25) is 5.91 Å². The van der Waals surface area contributed by atoms with Crippen molar-refractivity contribution in [3.63, 3.8) is 0 Å². The molecule has 0 aliphatic carbocycles. The van der Waals surface area contributed by atoms with E-state index in [1.165, 1.54) is 0 Å². The summed E-state index contributed by atoms with van der Waals surface area (Å²) < 4.78 is 0. The van der Waals surface area contributed by atoms with E-state index >= 15 is 0 Å². The Morgan fingerprint density at radius 2 is 1.90 bits per heavy atom. The third-order valence-corrected chi connectivity index (χ3v) is 3.58. The summed E-state index contributed by atoms with van der Waals surface area (Å²) in [5.41, 5.74) is 1.15. The molecule has 118 valence electrons. The van der Waals surface area contributed by atoms with Gasteiger partial charge in [-0.2, -0.15) is 0 Å². The van der Waals surface area contributed by atoms with Crippen LogP contribution in [0.4, 0.5) is 0 Å². The second kappa shape index (κ2) is 9.53. The lowest BCUT2D eigenvalue weighted by Gasteiger charge is -2.30. The van der Waals surface area contributed by atoms with Crippen molar-refractivity contribution in [2.75, 3.05) is 26.2 Å². The van der Waals surface area contributed by atoms with E-state index in [0.717, 1.165) is 18.7 Å². The number of rotatable bonds is 9. The van der Waals surface area contributed by atoms with Crippen molar-refractivity contribution in [1.82, 2.24) is 9.80 Å². The summed E-state index contributed by atoms with van der Waals surface area (Å²) in [7, 11) is 0. The van der Waals surface area contributed by atoms with Crippen LogP contribution in [0.2, 0.25) is 0 Å². The van der Waals surface area contributed by atoms with Crippen LogP contribution in [-0.2, 0) is 11.3 Å². The van der Waals surface area contributed by atoms with E-state index < -0.39 is 0 Å². The molecule has 0 fully saturated rings. The fourth-order valence-electron chi connectivity index (χ4n) is 2.26. The Hall–Kier alpha value is -1.39. The molecule has 1 amide bonds. The number of hydrogen-bond donors (Lipinski definition) is 1. The predicted molar refractivity (Wildman–Crippen MR) is 85.9 cm³/mol. The molecule has 0 aliphatic heterocycles.